The maximum Gasteiger partial charge on any atom is 0.327 e. The molecule has 1 amide bonds. The topological polar surface area (TPSA) is 100 Å². The van der Waals surface area contributed by atoms with Crippen molar-refractivity contribution >= 4 is 28.6 Å². The van der Waals surface area contributed by atoms with E-state index in [9.17, 15) is 18.4 Å². The Balaban J connectivity index is 1.21. The molecule has 1 atom stereocenters. The third kappa shape index (κ3) is 3.53. The zero-order valence-corrected chi connectivity index (χ0v) is 19.5. The number of halogens is 2. The molecule has 6 rings (SSSR count). The molecule has 0 saturated carbocycles. The quantitative estimate of drug-likeness (QED) is 0.472. The highest BCUT2D eigenvalue weighted by atomic mass is 19.2. The number of aromatic nitrogens is 5. The second-order valence-corrected chi connectivity index (χ2v) is 9.26. The summed E-state index contributed by atoms with van der Waals surface area (Å²) in [6.45, 7) is 3.29. The van der Waals surface area contributed by atoms with Crippen molar-refractivity contribution in [2.45, 2.75) is 31.7 Å². The maximum absolute atomic E-state index is 14.4. The Morgan fingerprint density at radius 2 is 1.92 bits per heavy atom. The van der Waals surface area contributed by atoms with Crippen LogP contribution in [-0.4, -0.2) is 50.0 Å². The molecule has 0 aliphatic carbocycles. The van der Waals surface area contributed by atoms with Crippen molar-refractivity contribution in [3.05, 3.63) is 76.2 Å². The van der Waals surface area contributed by atoms with E-state index < -0.39 is 11.6 Å². The summed E-state index contributed by atoms with van der Waals surface area (Å²) < 4.78 is 29.9. The van der Waals surface area contributed by atoms with Gasteiger partial charge in [0.15, 0.2) is 17.3 Å². The number of benzene rings is 1. The van der Waals surface area contributed by atoms with Crippen LogP contribution in [0.25, 0.3) is 11.2 Å². The van der Waals surface area contributed by atoms with E-state index in [1.54, 1.807) is 23.8 Å². The van der Waals surface area contributed by atoms with Gasteiger partial charge >= 0.3 is 5.69 Å². The predicted octanol–water partition coefficient (Wildman–Crippen LogP) is 3.40. The molecule has 2 aliphatic rings. The van der Waals surface area contributed by atoms with Gasteiger partial charge in [0.1, 0.15) is 17.8 Å². The summed E-state index contributed by atoms with van der Waals surface area (Å²) in [5, 5.41) is 0. The average Bonchev–Trinajstić information content (AvgIpc) is 3.42. The lowest BCUT2D eigenvalue weighted by molar-refractivity contribution is 0.0983. The second kappa shape index (κ2) is 8.51. The molecule has 1 unspecified atom stereocenters. The predicted molar refractivity (Wildman–Crippen MR) is 129 cm³/mol. The third-order valence-electron chi connectivity index (χ3n) is 7.11. The summed E-state index contributed by atoms with van der Waals surface area (Å²) >= 11 is 0. The molecular formula is C25H23F2N7O2. The number of hydrogen-bond donors (Lipinski definition) is 1. The first-order valence-electron chi connectivity index (χ1n) is 11.8. The van der Waals surface area contributed by atoms with Crippen molar-refractivity contribution in [2.24, 2.45) is 0 Å². The number of carbonyl (C=O) groups is 1. The number of nitrogens with one attached hydrogen (secondary N) is 1. The number of carbonyl (C=O) groups excluding carboxylic acids is 1. The van der Waals surface area contributed by atoms with E-state index in [1.807, 2.05) is 12.1 Å². The van der Waals surface area contributed by atoms with Gasteiger partial charge < -0.3 is 9.80 Å². The van der Waals surface area contributed by atoms with Crippen LogP contribution in [-0.2, 0) is 0 Å². The summed E-state index contributed by atoms with van der Waals surface area (Å²) in [5.41, 5.74) is 1.95. The molecule has 0 bridgehead atoms. The van der Waals surface area contributed by atoms with Gasteiger partial charge in [-0.05, 0) is 37.1 Å². The number of amides is 1. The molecule has 184 valence electrons. The summed E-state index contributed by atoms with van der Waals surface area (Å²) in [7, 11) is 0. The Labute approximate surface area is 204 Å². The largest absolute Gasteiger partial charge is 0.356 e. The Kier molecular flexibility index (Phi) is 5.27. The molecule has 1 fully saturated rings. The van der Waals surface area contributed by atoms with E-state index in [0.717, 1.165) is 24.4 Å². The summed E-state index contributed by atoms with van der Waals surface area (Å²) in [6.07, 6.45) is 4.43. The standard InChI is InChI=1S/C25H23F2N7O2/c1-14-12-33(18-5-4-16(26)22(27)21(14)18)24(35)17-11-20(30-13-29-17)32-9-6-15(7-10-32)34-19-3-2-8-28-23(19)31-25(34)36/h2-5,8,11,13-15H,6-7,9-10,12H2,1H3,(H,28,31,36). The van der Waals surface area contributed by atoms with Gasteiger partial charge in [0.25, 0.3) is 5.91 Å². The second-order valence-electron chi connectivity index (χ2n) is 9.26. The van der Waals surface area contributed by atoms with E-state index in [4.69, 9.17) is 0 Å². The SMILES string of the molecule is CC1CN(C(=O)c2cc(N3CCC(n4c(=O)[nH]c5ncccc54)CC3)ncn2)c2ccc(F)c(F)c21. The van der Waals surface area contributed by atoms with Crippen LogP contribution in [0.2, 0.25) is 0 Å². The maximum atomic E-state index is 14.4. The lowest BCUT2D eigenvalue weighted by atomic mass is 10.0. The Bertz CT molecular complexity index is 1540. The van der Waals surface area contributed by atoms with Gasteiger partial charge in [-0.2, -0.15) is 0 Å². The highest BCUT2D eigenvalue weighted by Gasteiger charge is 2.35. The summed E-state index contributed by atoms with van der Waals surface area (Å²) in [4.78, 5) is 44.9. The highest BCUT2D eigenvalue weighted by Crippen LogP contribution is 2.39. The van der Waals surface area contributed by atoms with Crippen LogP contribution in [0.5, 0.6) is 0 Å². The lowest BCUT2D eigenvalue weighted by Gasteiger charge is -2.33. The van der Waals surface area contributed by atoms with Gasteiger partial charge in [-0.15, -0.1) is 0 Å². The number of nitrogens with zero attached hydrogens (tertiary/aromatic N) is 6. The van der Waals surface area contributed by atoms with Gasteiger partial charge in [0.2, 0.25) is 0 Å². The molecule has 36 heavy (non-hydrogen) atoms. The lowest BCUT2D eigenvalue weighted by Crippen LogP contribution is -2.37. The van der Waals surface area contributed by atoms with E-state index >= 15 is 0 Å². The molecular weight excluding hydrogens is 468 g/mol. The Hall–Kier alpha value is -4.15. The summed E-state index contributed by atoms with van der Waals surface area (Å²) in [6, 6.07) is 7.82. The molecule has 1 saturated heterocycles. The van der Waals surface area contributed by atoms with Crippen LogP contribution in [0.3, 0.4) is 0 Å². The normalized spacial score (nSPS) is 18.1. The summed E-state index contributed by atoms with van der Waals surface area (Å²) in [5.74, 6) is -1.94. The molecule has 2 aliphatic heterocycles. The smallest absolute Gasteiger partial charge is 0.327 e. The minimum atomic E-state index is -0.922. The van der Waals surface area contributed by atoms with Crippen molar-refractivity contribution in [2.75, 3.05) is 29.4 Å². The van der Waals surface area contributed by atoms with E-state index in [-0.39, 0.29) is 41.4 Å². The molecule has 1 N–H and O–H groups in total. The molecule has 3 aromatic heterocycles. The van der Waals surface area contributed by atoms with Crippen LogP contribution in [0.15, 0.2) is 47.7 Å². The number of piperidine rings is 1. The van der Waals surface area contributed by atoms with Crippen molar-refractivity contribution in [3.8, 4) is 0 Å². The van der Waals surface area contributed by atoms with Gasteiger partial charge in [-0.3, -0.25) is 14.3 Å². The van der Waals surface area contributed by atoms with Crippen LogP contribution in [0.4, 0.5) is 20.3 Å². The highest BCUT2D eigenvalue weighted by molar-refractivity contribution is 6.06. The Morgan fingerprint density at radius 3 is 2.72 bits per heavy atom. The number of pyridine rings is 1. The molecule has 4 aromatic rings. The van der Waals surface area contributed by atoms with Crippen LogP contribution < -0.4 is 15.5 Å². The van der Waals surface area contributed by atoms with Crippen LogP contribution in [0.1, 0.15) is 47.8 Å². The minimum absolute atomic E-state index is 0.0209. The minimum Gasteiger partial charge on any atom is -0.356 e. The van der Waals surface area contributed by atoms with Crippen LogP contribution in [0, 0.1) is 11.6 Å². The number of H-pyrrole nitrogens is 1. The van der Waals surface area contributed by atoms with Gasteiger partial charge in [-0.25, -0.2) is 28.5 Å². The first-order valence-corrected chi connectivity index (χ1v) is 11.8. The number of aromatic amines is 1. The fourth-order valence-electron chi connectivity index (χ4n) is 5.37. The van der Waals surface area contributed by atoms with E-state index in [0.29, 0.717) is 30.2 Å². The molecule has 9 nitrogen and oxygen atoms in total. The Morgan fingerprint density at radius 1 is 1.11 bits per heavy atom. The fourth-order valence-corrected chi connectivity index (χ4v) is 5.37. The first-order chi connectivity index (χ1) is 17.4. The molecule has 1 aromatic carbocycles. The van der Waals surface area contributed by atoms with Crippen LogP contribution >= 0.6 is 0 Å². The molecule has 0 spiro atoms. The average molecular weight is 492 g/mol. The number of fused-ring (bicyclic) bond motifs is 2. The molecule has 0 radical (unpaired) electrons. The number of imidazole rings is 1. The van der Waals surface area contributed by atoms with Gasteiger partial charge in [-0.1, -0.05) is 6.92 Å². The van der Waals surface area contributed by atoms with E-state index in [1.165, 1.54) is 17.3 Å². The third-order valence-corrected chi connectivity index (χ3v) is 7.11. The fraction of sp³-hybridized carbons (Fsp3) is 0.320. The zero-order valence-electron chi connectivity index (χ0n) is 19.5. The van der Waals surface area contributed by atoms with Gasteiger partial charge in [0.05, 0.1) is 11.2 Å². The van der Waals surface area contributed by atoms with E-state index in [2.05, 4.69) is 24.8 Å². The van der Waals surface area contributed by atoms with Crippen molar-refractivity contribution in [1.82, 2.24) is 24.5 Å². The van der Waals surface area contributed by atoms with Crippen molar-refractivity contribution < 1.29 is 13.6 Å². The number of hydrogen-bond acceptors (Lipinski definition) is 6. The molecule has 11 heteroatoms. The van der Waals surface area contributed by atoms with Gasteiger partial charge in [0, 0.05) is 49.4 Å². The monoisotopic (exact) mass is 491 g/mol. The van der Waals surface area contributed by atoms with Crippen molar-refractivity contribution in [3.63, 3.8) is 0 Å². The number of anilines is 2. The molecule has 5 heterocycles. The van der Waals surface area contributed by atoms with Crippen molar-refractivity contribution in [1.29, 1.82) is 0 Å². The zero-order chi connectivity index (χ0) is 25.0. The first kappa shape index (κ1) is 22.3. The number of rotatable bonds is 3.